The molecule has 0 saturated carbocycles. The van der Waals surface area contributed by atoms with Crippen LogP contribution in [0.4, 0.5) is 4.79 Å². The highest BCUT2D eigenvalue weighted by Gasteiger charge is 2.49. The maximum atomic E-state index is 13.2. The van der Waals surface area contributed by atoms with Gasteiger partial charge in [0.15, 0.2) is 11.5 Å². The molecule has 0 aliphatic carbocycles. The van der Waals surface area contributed by atoms with Gasteiger partial charge in [-0.25, -0.2) is 4.79 Å². The van der Waals surface area contributed by atoms with Crippen molar-refractivity contribution in [3.05, 3.63) is 53.6 Å². The summed E-state index contributed by atoms with van der Waals surface area (Å²) in [7, 11) is 0. The second kappa shape index (κ2) is 8.02. The normalized spacial score (nSPS) is 21.0. The van der Waals surface area contributed by atoms with Crippen LogP contribution in [0.1, 0.15) is 38.8 Å². The van der Waals surface area contributed by atoms with Crippen molar-refractivity contribution in [1.29, 1.82) is 0 Å². The standard InChI is InChI=1S/C24H28N2O6/c1-23(2,3)17-7-5-6-8-18(17)30-13-16(27)12-26-21(28)24(4,25-22(26)29)15-9-10-19-20(11-15)32-14-31-19/h5-11,16,27H,12-14H2,1-4H3,(H,25,29)/t16-,24+/m0/s1. The molecule has 0 bridgehead atoms. The molecule has 0 spiro atoms. The van der Waals surface area contributed by atoms with Crippen LogP contribution in [0.25, 0.3) is 0 Å². The zero-order valence-corrected chi connectivity index (χ0v) is 18.7. The Morgan fingerprint density at radius 1 is 1.16 bits per heavy atom. The fourth-order valence-electron chi connectivity index (χ4n) is 3.93. The summed E-state index contributed by atoms with van der Waals surface area (Å²) in [5, 5.41) is 13.3. The Morgan fingerprint density at radius 2 is 1.88 bits per heavy atom. The van der Waals surface area contributed by atoms with Gasteiger partial charge in [-0.3, -0.25) is 9.69 Å². The molecule has 32 heavy (non-hydrogen) atoms. The minimum Gasteiger partial charge on any atom is -0.491 e. The van der Waals surface area contributed by atoms with E-state index in [0.29, 0.717) is 22.8 Å². The van der Waals surface area contributed by atoms with Crippen LogP contribution in [-0.4, -0.2) is 48.0 Å². The molecule has 1 fully saturated rings. The second-order valence-corrected chi connectivity index (χ2v) is 9.25. The zero-order valence-electron chi connectivity index (χ0n) is 18.7. The van der Waals surface area contributed by atoms with Gasteiger partial charge in [0, 0.05) is 0 Å². The lowest BCUT2D eigenvalue weighted by Gasteiger charge is -2.25. The van der Waals surface area contributed by atoms with Crippen LogP contribution in [0.5, 0.6) is 17.2 Å². The van der Waals surface area contributed by atoms with Crippen LogP contribution < -0.4 is 19.5 Å². The molecule has 2 aliphatic heterocycles. The monoisotopic (exact) mass is 440 g/mol. The van der Waals surface area contributed by atoms with E-state index < -0.39 is 23.6 Å². The van der Waals surface area contributed by atoms with Crippen LogP contribution in [0, 0.1) is 0 Å². The molecule has 8 heteroatoms. The lowest BCUT2D eigenvalue weighted by molar-refractivity contribution is -0.132. The quantitative estimate of drug-likeness (QED) is 0.671. The van der Waals surface area contributed by atoms with Crippen LogP contribution in [-0.2, 0) is 15.7 Å². The molecule has 0 aromatic heterocycles. The van der Waals surface area contributed by atoms with Crippen LogP contribution >= 0.6 is 0 Å². The largest absolute Gasteiger partial charge is 0.491 e. The molecule has 3 amide bonds. The second-order valence-electron chi connectivity index (χ2n) is 9.25. The van der Waals surface area contributed by atoms with Gasteiger partial charge >= 0.3 is 6.03 Å². The minimum absolute atomic E-state index is 0.0507. The van der Waals surface area contributed by atoms with Crippen LogP contribution in [0.15, 0.2) is 42.5 Å². The number of carbonyl (C=O) groups is 2. The molecule has 4 rings (SSSR count). The highest BCUT2D eigenvalue weighted by atomic mass is 16.7. The molecule has 0 unspecified atom stereocenters. The number of para-hydroxylation sites is 1. The number of urea groups is 1. The van der Waals surface area contributed by atoms with E-state index in [-0.39, 0.29) is 25.4 Å². The molecule has 2 aromatic rings. The van der Waals surface area contributed by atoms with E-state index in [1.54, 1.807) is 25.1 Å². The summed E-state index contributed by atoms with van der Waals surface area (Å²) < 4.78 is 16.5. The molecule has 2 N–H and O–H groups in total. The number of benzene rings is 2. The SMILES string of the molecule is CC(C)(C)c1ccccc1OC[C@@H](O)CN1C(=O)N[C@](C)(c2ccc3c(c2)OCO3)C1=O. The number of carbonyl (C=O) groups excluding carboxylic acids is 2. The first-order chi connectivity index (χ1) is 15.1. The van der Waals surface area contributed by atoms with Crippen molar-refractivity contribution >= 4 is 11.9 Å². The van der Waals surface area contributed by atoms with E-state index in [1.165, 1.54) is 0 Å². The fourth-order valence-corrected chi connectivity index (χ4v) is 3.93. The van der Waals surface area contributed by atoms with E-state index in [4.69, 9.17) is 14.2 Å². The average Bonchev–Trinajstić information content (AvgIpc) is 3.30. The van der Waals surface area contributed by atoms with E-state index in [1.807, 2.05) is 24.3 Å². The smallest absolute Gasteiger partial charge is 0.325 e. The number of hydrogen-bond donors (Lipinski definition) is 2. The highest BCUT2D eigenvalue weighted by molar-refractivity contribution is 6.07. The summed E-state index contributed by atoms with van der Waals surface area (Å²) in [6, 6.07) is 12.2. The molecular weight excluding hydrogens is 412 g/mol. The number of imide groups is 1. The van der Waals surface area contributed by atoms with Gasteiger partial charge in [-0.2, -0.15) is 0 Å². The van der Waals surface area contributed by atoms with Crippen molar-refractivity contribution in [2.75, 3.05) is 19.9 Å². The number of hydrogen-bond acceptors (Lipinski definition) is 6. The summed E-state index contributed by atoms with van der Waals surface area (Å²) in [4.78, 5) is 26.8. The van der Waals surface area contributed by atoms with Crippen LogP contribution in [0.3, 0.4) is 0 Å². The summed E-state index contributed by atoms with van der Waals surface area (Å²) in [6.07, 6.45) is -1.04. The predicted molar refractivity (Wildman–Crippen MR) is 117 cm³/mol. The van der Waals surface area contributed by atoms with E-state index in [2.05, 4.69) is 26.1 Å². The number of fused-ring (bicyclic) bond motifs is 1. The van der Waals surface area contributed by atoms with Gasteiger partial charge in [0.05, 0.1) is 6.54 Å². The third-order valence-corrected chi connectivity index (χ3v) is 5.74. The number of β-amino-alcohol motifs (C(OH)–C–C–N with tert-alkyl or cyclic N) is 1. The first-order valence-electron chi connectivity index (χ1n) is 10.5. The Bertz CT molecular complexity index is 1050. The van der Waals surface area contributed by atoms with Crippen molar-refractivity contribution in [2.24, 2.45) is 0 Å². The lowest BCUT2D eigenvalue weighted by atomic mass is 9.86. The maximum Gasteiger partial charge on any atom is 0.325 e. The molecule has 170 valence electrons. The number of rotatable bonds is 6. The van der Waals surface area contributed by atoms with Crippen molar-refractivity contribution in [3.8, 4) is 17.2 Å². The number of aliphatic hydroxyl groups is 1. The molecule has 0 radical (unpaired) electrons. The predicted octanol–water partition coefficient (Wildman–Crippen LogP) is 2.92. The summed E-state index contributed by atoms with van der Waals surface area (Å²) >= 11 is 0. The number of nitrogens with one attached hydrogen (secondary N) is 1. The van der Waals surface area contributed by atoms with Crippen molar-refractivity contribution in [2.45, 2.75) is 44.8 Å². The molecule has 8 nitrogen and oxygen atoms in total. The fraction of sp³-hybridized carbons (Fsp3) is 0.417. The minimum atomic E-state index is -1.27. The maximum absolute atomic E-state index is 13.2. The number of nitrogens with zero attached hydrogens (tertiary/aromatic N) is 1. The van der Waals surface area contributed by atoms with Gasteiger partial charge in [0.1, 0.15) is 24.0 Å². The lowest BCUT2D eigenvalue weighted by Crippen LogP contribution is -2.42. The summed E-state index contributed by atoms with van der Waals surface area (Å²) in [6.45, 7) is 7.76. The Labute approximate surface area is 187 Å². The van der Waals surface area contributed by atoms with E-state index in [9.17, 15) is 14.7 Å². The topological polar surface area (TPSA) is 97.3 Å². The third kappa shape index (κ3) is 3.98. The Hall–Kier alpha value is -3.26. The Balaban J connectivity index is 1.44. The molecule has 2 atom stereocenters. The molecule has 2 heterocycles. The van der Waals surface area contributed by atoms with Gasteiger partial charge in [-0.05, 0) is 41.7 Å². The highest BCUT2D eigenvalue weighted by Crippen LogP contribution is 2.38. The Morgan fingerprint density at radius 3 is 2.62 bits per heavy atom. The number of aliphatic hydroxyl groups excluding tert-OH is 1. The van der Waals surface area contributed by atoms with Gasteiger partial charge in [-0.1, -0.05) is 45.0 Å². The van der Waals surface area contributed by atoms with E-state index in [0.717, 1.165) is 10.5 Å². The number of ether oxygens (including phenoxy) is 3. The number of amides is 3. The molecule has 2 aliphatic rings. The Kier molecular flexibility index (Phi) is 5.50. The molecule has 1 saturated heterocycles. The van der Waals surface area contributed by atoms with Crippen LogP contribution in [0.2, 0.25) is 0 Å². The van der Waals surface area contributed by atoms with E-state index >= 15 is 0 Å². The zero-order chi connectivity index (χ0) is 23.1. The summed E-state index contributed by atoms with van der Waals surface area (Å²) in [5.74, 6) is 1.33. The average molecular weight is 440 g/mol. The van der Waals surface area contributed by atoms with Crippen molar-refractivity contribution in [3.63, 3.8) is 0 Å². The molecular formula is C24H28N2O6. The van der Waals surface area contributed by atoms with Crippen molar-refractivity contribution < 1.29 is 28.9 Å². The van der Waals surface area contributed by atoms with Crippen molar-refractivity contribution in [1.82, 2.24) is 10.2 Å². The summed E-state index contributed by atoms with van der Waals surface area (Å²) in [5.41, 5.74) is 0.195. The first-order valence-corrected chi connectivity index (χ1v) is 10.5. The van der Waals surface area contributed by atoms with Gasteiger partial charge in [0.25, 0.3) is 5.91 Å². The van der Waals surface area contributed by atoms with Gasteiger partial charge in [-0.15, -0.1) is 0 Å². The first kappa shape index (κ1) is 22.0. The third-order valence-electron chi connectivity index (χ3n) is 5.74. The van der Waals surface area contributed by atoms with Gasteiger partial charge < -0.3 is 24.6 Å². The van der Waals surface area contributed by atoms with Gasteiger partial charge in [0.2, 0.25) is 6.79 Å². The molecule has 2 aromatic carbocycles.